The summed E-state index contributed by atoms with van der Waals surface area (Å²) in [6.45, 7) is 0.198. The van der Waals surface area contributed by atoms with Gasteiger partial charge in [-0.15, -0.1) is 0 Å². The monoisotopic (exact) mass is 387 g/mol. The number of amides is 2. The second-order valence-corrected chi connectivity index (χ2v) is 6.21. The fourth-order valence-electron chi connectivity index (χ4n) is 2.75. The van der Waals surface area contributed by atoms with Gasteiger partial charge < -0.3 is 14.8 Å². The molecule has 0 bridgehead atoms. The maximum absolute atomic E-state index is 12.3. The van der Waals surface area contributed by atoms with Crippen LogP contribution in [0.2, 0.25) is 0 Å². The lowest BCUT2D eigenvalue weighted by molar-refractivity contribution is 0.0953. The molecule has 1 heterocycles. The van der Waals surface area contributed by atoms with Crippen LogP contribution in [0.15, 0.2) is 77.9 Å². The molecule has 2 amide bonds. The quantitative estimate of drug-likeness (QED) is 0.519. The summed E-state index contributed by atoms with van der Waals surface area (Å²) < 4.78 is 10.6. The number of carbonyl (C=O) groups excluding carboxylic acids is 2. The second-order valence-electron chi connectivity index (χ2n) is 6.21. The molecule has 3 aromatic carbocycles. The fourth-order valence-corrected chi connectivity index (χ4v) is 2.75. The molecule has 29 heavy (non-hydrogen) atoms. The molecule has 7 heteroatoms. The van der Waals surface area contributed by atoms with Crippen LogP contribution in [0.5, 0.6) is 11.5 Å². The van der Waals surface area contributed by atoms with E-state index in [1.807, 2.05) is 12.1 Å². The topological polar surface area (TPSA) is 89.0 Å². The normalized spacial score (nSPS) is 12.0. The Kier molecular flexibility index (Phi) is 5.20. The van der Waals surface area contributed by atoms with Crippen molar-refractivity contribution in [1.82, 2.24) is 5.43 Å². The minimum absolute atomic E-state index is 0.198. The smallest absolute Gasteiger partial charge is 0.271 e. The van der Waals surface area contributed by atoms with E-state index in [0.717, 1.165) is 5.56 Å². The highest BCUT2D eigenvalue weighted by atomic mass is 16.7. The summed E-state index contributed by atoms with van der Waals surface area (Å²) in [5, 5.41) is 6.75. The number of anilines is 1. The fraction of sp³-hybridized carbons (Fsp3) is 0.0455. The number of rotatable bonds is 5. The van der Waals surface area contributed by atoms with E-state index in [-0.39, 0.29) is 12.7 Å². The summed E-state index contributed by atoms with van der Waals surface area (Å²) in [6.07, 6.45) is 1.51. The molecule has 1 aliphatic heterocycles. The zero-order chi connectivity index (χ0) is 20.1. The van der Waals surface area contributed by atoms with Crippen LogP contribution in [0.4, 0.5) is 5.69 Å². The van der Waals surface area contributed by atoms with Gasteiger partial charge in [0.1, 0.15) is 0 Å². The minimum atomic E-state index is -0.391. The van der Waals surface area contributed by atoms with Crippen LogP contribution in [0.25, 0.3) is 0 Å². The Morgan fingerprint density at radius 1 is 0.828 bits per heavy atom. The summed E-state index contributed by atoms with van der Waals surface area (Å²) in [5.41, 5.74) is 4.67. The molecule has 0 saturated carbocycles. The first-order chi connectivity index (χ1) is 14.2. The molecule has 3 aromatic rings. The third-order valence-electron chi connectivity index (χ3n) is 4.19. The first kappa shape index (κ1) is 18.2. The molecule has 0 unspecified atom stereocenters. The summed E-state index contributed by atoms with van der Waals surface area (Å²) >= 11 is 0. The molecule has 2 N–H and O–H groups in total. The van der Waals surface area contributed by atoms with Crippen molar-refractivity contribution in [2.45, 2.75) is 0 Å². The number of fused-ring (bicyclic) bond motifs is 1. The Hall–Kier alpha value is -4.13. The van der Waals surface area contributed by atoms with Crippen molar-refractivity contribution < 1.29 is 19.1 Å². The van der Waals surface area contributed by atoms with Gasteiger partial charge >= 0.3 is 0 Å². The summed E-state index contributed by atoms with van der Waals surface area (Å²) in [4.78, 5) is 24.6. The highest BCUT2D eigenvalue weighted by Gasteiger charge is 2.12. The number of ether oxygens (including phenoxy) is 2. The minimum Gasteiger partial charge on any atom is -0.454 e. The van der Waals surface area contributed by atoms with E-state index in [1.165, 1.54) is 6.21 Å². The van der Waals surface area contributed by atoms with Gasteiger partial charge in [-0.05, 0) is 54.1 Å². The van der Waals surface area contributed by atoms with Crippen molar-refractivity contribution in [2.75, 3.05) is 12.1 Å². The predicted molar refractivity (Wildman–Crippen MR) is 108 cm³/mol. The number of carbonyl (C=O) groups is 2. The standard InChI is InChI=1S/C22H17N3O4/c26-21(16-5-2-1-3-6-16)24-18-8-4-7-17(12-18)22(27)25-23-13-15-9-10-19-20(11-15)29-14-28-19/h1-13H,14H2,(H,24,26)(H,25,27)/b23-13-. The molecule has 0 fully saturated rings. The molecular weight excluding hydrogens is 370 g/mol. The Bertz CT molecular complexity index is 1080. The van der Waals surface area contributed by atoms with Gasteiger partial charge in [-0.1, -0.05) is 24.3 Å². The highest BCUT2D eigenvalue weighted by Crippen LogP contribution is 2.31. The van der Waals surface area contributed by atoms with Crippen molar-refractivity contribution in [1.29, 1.82) is 0 Å². The zero-order valence-electron chi connectivity index (χ0n) is 15.3. The molecule has 144 valence electrons. The van der Waals surface area contributed by atoms with Gasteiger partial charge in [0.2, 0.25) is 6.79 Å². The van der Waals surface area contributed by atoms with E-state index in [2.05, 4.69) is 15.8 Å². The van der Waals surface area contributed by atoms with Crippen molar-refractivity contribution >= 4 is 23.7 Å². The van der Waals surface area contributed by atoms with Crippen LogP contribution in [0, 0.1) is 0 Å². The van der Waals surface area contributed by atoms with E-state index in [4.69, 9.17) is 9.47 Å². The average Bonchev–Trinajstić information content (AvgIpc) is 3.22. The maximum atomic E-state index is 12.3. The third kappa shape index (κ3) is 4.41. The number of hydrogen-bond donors (Lipinski definition) is 2. The van der Waals surface area contributed by atoms with Crippen LogP contribution < -0.4 is 20.2 Å². The number of benzene rings is 3. The average molecular weight is 387 g/mol. The molecular formula is C22H17N3O4. The Balaban J connectivity index is 1.39. The van der Waals surface area contributed by atoms with Crippen LogP contribution >= 0.6 is 0 Å². The highest BCUT2D eigenvalue weighted by molar-refractivity contribution is 6.05. The number of nitrogens with one attached hydrogen (secondary N) is 2. The molecule has 0 radical (unpaired) electrons. The lowest BCUT2D eigenvalue weighted by Crippen LogP contribution is -2.18. The van der Waals surface area contributed by atoms with Crippen LogP contribution in [0.1, 0.15) is 26.3 Å². The molecule has 0 aliphatic carbocycles. The molecule has 0 atom stereocenters. The van der Waals surface area contributed by atoms with Crippen LogP contribution in [-0.4, -0.2) is 24.8 Å². The van der Waals surface area contributed by atoms with Crippen molar-refractivity contribution in [2.24, 2.45) is 5.10 Å². The lowest BCUT2D eigenvalue weighted by atomic mass is 10.1. The van der Waals surface area contributed by atoms with E-state index in [1.54, 1.807) is 60.7 Å². The van der Waals surface area contributed by atoms with Gasteiger partial charge in [-0.2, -0.15) is 5.10 Å². The summed E-state index contributed by atoms with van der Waals surface area (Å²) in [6, 6.07) is 20.9. The first-order valence-electron chi connectivity index (χ1n) is 8.88. The second kappa shape index (κ2) is 8.26. The Morgan fingerprint density at radius 2 is 1.62 bits per heavy atom. The molecule has 0 spiro atoms. The number of nitrogens with zero attached hydrogens (tertiary/aromatic N) is 1. The molecule has 7 nitrogen and oxygen atoms in total. The van der Waals surface area contributed by atoms with Gasteiger partial charge in [0.05, 0.1) is 6.21 Å². The summed E-state index contributed by atoms with van der Waals surface area (Å²) in [5.74, 6) is 0.685. The largest absolute Gasteiger partial charge is 0.454 e. The van der Waals surface area contributed by atoms with Gasteiger partial charge in [0.15, 0.2) is 11.5 Å². The van der Waals surface area contributed by atoms with E-state index >= 15 is 0 Å². The number of hydrazone groups is 1. The van der Waals surface area contributed by atoms with Crippen LogP contribution in [0.3, 0.4) is 0 Å². The van der Waals surface area contributed by atoms with Gasteiger partial charge in [-0.3, -0.25) is 9.59 Å². The van der Waals surface area contributed by atoms with Gasteiger partial charge in [0, 0.05) is 16.8 Å². The van der Waals surface area contributed by atoms with E-state index < -0.39 is 5.91 Å². The van der Waals surface area contributed by atoms with Crippen LogP contribution in [-0.2, 0) is 0 Å². The Labute approximate surface area is 167 Å². The Morgan fingerprint density at radius 3 is 2.48 bits per heavy atom. The summed E-state index contributed by atoms with van der Waals surface area (Å²) in [7, 11) is 0. The van der Waals surface area contributed by atoms with E-state index in [0.29, 0.717) is 28.3 Å². The third-order valence-corrected chi connectivity index (χ3v) is 4.19. The lowest BCUT2D eigenvalue weighted by Gasteiger charge is -2.07. The predicted octanol–water partition coefficient (Wildman–Crippen LogP) is 3.43. The molecule has 1 aliphatic rings. The maximum Gasteiger partial charge on any atom is 0.271 e. The molecule has 4 rings (SSSR count). The number of hydrogen-bond acceptors (Lipinski definition) is 5. The van der Waals surface area contributed by atoms with Gasteiger partial charge in [0.25, 0.3) is 11.8 Å². The SMILES string of the molecule is O=C(N/N=C\c1ccc2c(c1)OCO2)c1cccc(NC(=O)c2ccccc2)c1. The zero-order valence-corrected chi connectivity index (χ0v) is 15.3. The molecule has 0 aromatic heterocycles. The van der Waals surface area contributed by atoms with Crippen molar-refractivity contribution in [3.63, 3.8) is 0 Å². The van der Waals surface area contributed by atoms with Gasteiger partial charge in [-0.25, -0.2) is 5.43 Å². The first-order valence-corrected chi connectivity index (χ1v) is 8.88. The van der Waals surface area contributed by atoms with Crippen molar-refractivity contribution in [3.05, 3.63) is 89.5 Å². The van der Waals surface area contributed by atoms with Crippen molar-refractivity contribution in [3.8, 4) is 11.5 Å². The van der Waals surface area contributed by atoms with E-state index in [9.17, 15) is 9.59 Å². The molecule has 0 saturated heterocycles.